The Morgan fingerprint density at radius 3 is 2.64 bits per heavy atom. The van der Waals surface area contributed by atoms with Crippen LogP contribution >= 0.6 is 22.7 Å². The second-order valence-corrected chi connectivity index (χ2v) is 6.74. The van der Waals surface area contributed by atoms with E-state index in [0.29, 0.717) is 13.1 Å². The summed E-state index contributed by atoms with van der Waals surface area (Å²) in [5.74, 6) is 0.906. The van der Waals surface area contributed by atoms with Gasteiger partial charge >= 0.3 is 6.03 Å². The summed E-state index contributed by atoms with van der Waals surface area (Å²) in [6.07, 6.45) is 1.66. The summed E-state index contributed by atoms with van der Waals surface area (Å²) in [6.45, 7) is 1.05. The molecule has 0 fully saturated rings. The number of carbonyl (C=O) groups excluding carboxylic acids is 1. The highest BCUT2D eigenvalue weighted by atomic mass is 32.1. The Bertz CT molecular complexity index is 642. The normalized spacial score (nSPS) is 12.0. The predicted octanol–water partition coefficient (Wildman–Crippen LogP) is 4.03. The van der Waals surface area contributed by atoms with Crippen LogP contribution in [-0.4, -0.2) is 12.6 Å². The molecule has 0 aliphatic heterocycles. The summed E-state index contributed by atoms with van der Waals surface area (Å²) in [7, 11) is 0. The van der Waals surface area contributed by atoms with E-state index in [2.05, 4.69) is 16.7 Å². The van der Waals surface area contributed by atoms with Crippen LogP contribution in [0.1, 0.15) is 21.4 Å². The maximum absolute atomic E-state index is 11.9. The van der Waals surface area contributed by atoms with Gasteiger partial charge in [-0.1, -0.05) is 12.1 Å². The van der Waals surface area contributed by atoms with Gasteiger partial charge in [0.2, 0.25) is 0 Å². The van der Waals surface area contributed by atoms with Gasteiger partial charge in [0.25, 0.3) is 0 Å². The topological polar surface area (TPSA) is 54.3 Å². The average Bonchev–Trinajstić information content (AvgIpc) is 3.27. The molecule has 0 aromatic carbocycles. The van der Waals surface area contributed by atoms with E-state index >= 15 is 0 Å². The molecule has 3 rings (SSSR count). The van der Waals surface area contributed by atoms with Gasteiger partial charge < -0.3 is 15.1 Å². The van der Waals surface area contributed by atoms with Gasteiger partial charge in [0, 0.05) is 16.3 Å². The molecule has 3 heterocycles. The third-order valence-corrected chi connectivity index (χ3v) is 5.11. The Labute approximate surface area is 136 Å². The first-order valence-corrected chi connectivity index (χ1v) is 8.70. The maximum atomic E-state index is 11.9. The van der Waals surface area contributed by atoms with E-state index in [0.717, 1.165) is 10.6 Å². The van der Waals surface area contributed by atoms with E-state index in [4.69, 9.17) is 4.42 Å². The first-order valence-electron chi connectivity index (χ1n) is 6.94. The number of thiophene rings is 2. The molecule has 1 atom stereocenters. The largest absolute Gasteiger partial charge is 0.469 e. The first-order chi connectivity index (χ1) is 10.8. The molecule has 3 aromatic heterocycles. The van der Waals surface area contributed by atoms with Crippen LogP contribution in [0.5, 0.6) is 0 Å². The van der Waals surface area contributed by atoms with E-state index in [1.807, 2.05) is 41.1 Å². The molecule has 6 heteroatoms. The Morgan fingerprint density at radius 1 is 1.09 bits per heavy atom. The molecule has 3 aromatic rings. The summed E-state index contributed by atoms with van der Waals surface area (Å²) in [4.78, 5) is 14.2. The van der Waals surface area contributed by atoms with Gasteiger partial charge in [-0.3, -0.25) is 0 Å². The molecule has 114 valence electrons. The van der Waals surface area contributed by atoms with Crippen LogP contribution in [0.4, 0.5) is 4.79 Å². The lowest BCUT2D eigenvalue weighted by Crippen LogP contribution is -2.37. The van der Waals surface area contributed by atoms with E-state index in [9.17, 15) is 4.79 Å². The van der Waals surface area contributed by atoms with Crippen molar-refractivity contribution in [3.63, 3.8) is 0 Å². The van der Waals surface area contributed by atoms with Crippen molar-refractivity contribution >= 4 is 28.7 Å². The highest BCUT2D eigenvalue weighted by molar-refractivity contribution is 7.10. The first kappa shape index (κ1) is 14.9. The van der Waals surface area contributed by atoms with Crippen molar-refractivity contribution in [1.82, 2.24) is 10.6 Å². The predicted molar refractivity (Wildman–Crippen MR) is 89.4 cm³/mol. The zero-order valence-electron chi connectivity index (χ0n) is 11.8. The fourth-order valence-corrected chi connectivity index (χ4v) is 3.64. The molecule has 4 nitrogen and oxygen atoms in total. The maximum Gasteiger partial charge on any atom is 0.315 e. The number of nitrogens with one attached hydrogen (secondary N) is 2. The van der Waals surface area contributed by atoms with Crippen molar-refractivity contribution in [3.05, 3.63) is 68.9 Å². The summed E-state index contributed by atoms with van der Waals surface area (Å²) >= 11 is 3.29. The number of hydrogen-bond donors (Lipinski definition) is 2. The molecule has 0 radical (unpaired) electrons. The van der Waals surface area contributed by atoms with Gasteiger partial charge in [-0.05, 0) is 35.0 Å². The minimum atomic E-state index is -0.165. The molecule has 0 bridgehead atoms. The second kappa shape index (κ2) is 7.29. The minimum Gasteiger partial charge on any atom is -0.469 e. The smallest absolute Gasteiger partial charge is 0.315 e. The van der Waals surface area contributed by atoms with Gasteiger partial charge in [0.1, 0.15) is 5.76 Å². The quantitative estimate of drug-likeness (QED) is 0.716. The molecule has 0 aliphatic rings. The van der Waals surface area contributed by atoms with E-state index in [-0.39, 0.29) is 11.9 Å². The Balaban J connectivity index is 1.56. The fraction of sp³-hybridized carbons (Fsp3) is 0.188. The molecular weight excluding hydrogens is 316 g/mol. The van der Waals surface area contributed by atoms with Crippen molar-refractivity contribution in [2.24, 2.45) is 0 Å². The number of urea groups is 1. The van der Waals surface area contributed by atoms with Crippen molar-refractivity contribution in [1.29, 1.82) is 0 Å². The fourth-order valence-electron chi connectivity index (χ4n) is 2.16. The molecule has 0 spiro atoms. The van der Waals surface area contributed by atoms with Crippen molar-refractivity contribution in [2.75, 3.05) is 6.54 Å². The lowest BCUT2D eigenvalue weighted by Gasteiger charge is -2.14. The Kier molecular flexibility index (Phi) is 4.92. The lowest BCUT2D eigenvalue weighted by molar-refractivity contribution is 0.240. The number of rotatable bonds is 6. The molecular formula is C16H16N2O2S2. The van der Waals surface area contributed by atoms with Crippen molar-refractivity contribution in [2.45, 2.75) is 12.5 Å². The van der Waals surface area contributed by atoms with Gasteiger partial charge in [-0.25, -0.2) is 4.79 Å². The lowest BCUT2D eigenvalue weighted by atomic mass is 10.1. The highest BCUT2D eigenvalue weighted by Gasteiger charge is 2.18. The van der Waals surface area contributed by atoms with Crippen LogP contribution in [-0.2, 0) is 6.54 Å². The van der Waals surface area contributed by atoms with Crippen molar-refractivity contribution in [3.8, 4) is 0 Å². The number of hydrogen-bond acceptors (Lipinski definition) is 4. The van der Waals surface area contributed by atoms with Crippen molar-refractivity contribution < 1.29 is 9.21 Å². The SMILES string of the molecule is O=C(NCc1cccs1)NC[C@@H](c1ccco1)c1cccs1. The van der Waals surface area contributed by atoms with Crippen LogP contribution in [0.25, 0.3) is 0 Å². The molecule has 2 amide bonds. The van der Waals surface area contributed by atoms with E-state index in [1.54, 1.807) is 28.9 Å². The summed E-state index contributed by atoms with van der Waals surface area (Å²) in [5.41, 5.74) is 0. The molecule has 0 unspecified atom stereocenters. The van der Waals surface area contributed by atoms with Gasteiger partial charge in [-0.15, -0.1) is 22.7 Å². The standard InChI is InChI=1S/C16H16N2O2S2/c19-16(17-10-12-4-2-8-21-12)18-11-13(14-5-1-7-20-14)15-6-3-9-22-15/h1-9,13H,10-11H2,(H2,17,18,19)/t13-/m0/s1. The summed E-state index contributed by atoms with van der Waals surface area (Å²) < 4.78 is 5.51. The van der Waals surface area contributed by atoms with Crippen LogP contribution in [0.2, 0.25) is 0 Å². The molecule has 0 aliphatic carbocycles. The molecule has 0 saturated heterocycles. The summed E-state index contributed by atoms with van der Waals surface area (Å²) in [6, 6.07) is 11.7. The van der Waals surface area contributed by atoms with E-state index < -0.39 is 0 Å². The zero-order valence-corrected chi connectivity index (χ0v) is 13.5. The van der Waals surface area contributed by atoms with Gasteiger partial charge in [0.05, 0.1) is 18.7 Å². The third kappa shape index (κ3) is 3.78. The molecule has 0 saturated carbocycles. The molecule has 2 N–H and O–H groups in total. The van der Waals surface area contributed by atoms with Gasteiger partial charge in [-0.2, -0.15) is 0 Å². The second-order valence-electron chi connectivity index (χ2n) is 4.73. The van der Waals surface area contributed by atoms with Gasteiger partial charge in [0.15, 0.2) is 0 Å². The Morgan fingerprint density at radius 2 is 1.95 bits per heavy atom. The third-order valence-electron chi connectivity index (χ3n) is 3.24. The number of carbonyl (C=O) groups is 1. The Hall–Kier alpha value is -2.05. The zero-order chi connectivity index (χ0) is 15.2. The number of furan rings is 1. The van der Waals surface area contributed by atoms with Crippen LogP contribution in [0.15, 0.2) is 57.8 Å². The molecule has 22 heavy (non-hydrogen) atoms. The summed E-state index contributed by atoms with van der Waals surface area (Å²) in [5, 5.41) is 9.82. The highest BCUT2D eigenvalue weighted by Crippen LogP contribution is 2.28. The monoisotopic (exact) mass is 332 g/mol. The minimum absolute atomic E-state index is 0.0440. The average molecular weight is 332 g/mol. The number of amides is 2. The van der Waals surface area contributed by atoms with Crippen LogP contribution in [0, 0.1) is 0 Å². The van der Waals surface area contributed by atoms with Crippen LogP contribution in [0.3, 0.4) is 0 Å². The van der Waals surface area contributed by atoms with E-state index in [1.165, 1.54) is 4.88 Å². The van der Waals surface area contributed by atoms with Crippen LogP contribution < -0.4 is 10.6 Å².